The maximum Gasteiger partial charge on any atom is 0.233 e. The van der Waals surface area contributed by atoms with Gasteiger partial charge in [0.1, 0.15) is 0 Å². The van der Waals surface area contributed by atoms with E-state index in [0.717, 1.165) is 23.0 Å². The second-order valence-electron chi connectivity index (χ2n) is 8.21. The highest BCUT2D eigenvalue weighted by Crippen LogP contribution is 2.24. The van der Waals surface area contributed by atoms with Gasteiger partial charge in [0, 0.05) is 60.5 Å². The van der Waals surface area contributed by atoms with Crippen molar-refractivity contribution in [3.63, 3.8) is 0 Å². The van der Waals surface area contributed by atoms with E-state index < -0.39 is 0 Å². The van der Waals surface area contributed by atoms with Crippen LogP contribution in [0.15, 0.2) is 28.7 Å². The first-order valence-corrected chi connectivity index (χ1v) is 11.0. The van der Waals surface area contributed by atoms with Gasteiger partial charge in [-0.05, 0) is 37.1 Å². The Morgan fingerprint density at radius 3 is 1.60 bits per heavy atom. The molecule has 2 saturated heterocycles. The zero-order valence-corrected chi connectivity index (χ0v) is 18.4. The van der Waals surface area contributed by atoms with Crippen molar-refractivity contribution in [3.05, 3.63) is 28.7 Å². The number of aromatic nitrogens is 3. The second kappa shape index (κ2) is 8.98. The molecule has 30 heavy (non-hydrogen) atoms. The standard InChI is InChI=1S/C19H29BrN10/c20-11-1-3-16(4-2-11)25-17-26-18(29-7-12(21)5-13(22)8-29)28-19(27-17)30-9-14(23)6-15(24)10-30/h1-4,12-15H,5-10,21-24H2,(H,25,26,27,28). The Balaban J connectivity index is 1.67. The van der Waals surface area contributed by atoms with Crippen LogP contribution < -0.4 is 38.1 Å². The summed E-state index contributed by atoms with van der Waals surface area (Å²) in [6.07, 6.45) is 1.57. The van der Waals surface area contributed by atoms with Crippen LogP contribution in [0.4, 0.5) is 23.5 Å². The van der Waals surface area contributed by atoms with Crippen molar-refractivity contribution in [2.24, 2.45) is 22.9 Å². The van der Waals surface area contributed by atoms with Crippen molar-refractivity contribution in [2.45, 2.75) is 37.0 Å². The highest BCUT2D eigenvalue weighted by Gasteiger charge is 2.28. The molecule has 0 spiro atoms. The molecule has 0 saturated carbocycles. The van der Waals surface area contributed by atoms with E-state index in [0.29, 0.717) is 44.0 Å². The third-order valence-corrected chi connectivity index (χ3v) is 5.84. The van der Waals surface area contributed by atoms with Crippen molar-refractivity contribution >= 4 is 39.5 Å². The minimum atomic E-state index is -0.0197. The van der Waals surface area contributed by atoms with Crippen LogP contribution in [0, 0.1) is 0 Å². The monoisotopic (exact) mass is 476 g/mol. The van der Waals surface area contributed by atoms with Crippen LogP contribution in [-0.2, 0) is 0 Å². The molecule has 2 aliphatic heterocycles. The van der Waals surface area contributed by atoms with E-state index in [2.05, 4.69) is 31.2 Å². The fourth-order valence-corrected chi connectivity index (χ4v) is 4.30. The molecule has 0 radical (unpaired) electrons. The zero-order chi connectivity index (χ0) is 21.3. The molecule has 162 valence electrons. The second-order valence-corrected chi connectivity index (χ2v) is 9.13. The Bertz CT molecular complexity index is 799. The Hall–Kier alpha value is -2.05. The van der Waals surface area contributed by atoms with E-state index in [1.807, 2.05) is 34.1 Å². The largest absolute Gasteiger partial charge is 0.338 e. The summed E-state index contributed by atoms with van der Waals surface area (Å²) in [4.78, 5) is 18.1. The third kappa shape index (κ3) is 5.16. The fraction of sp³-hybridized carbons (Fsp3) is 0.526. The van der Waals surface area contributed by atoms with Crippen molar-refractivity contribution < 1.29 is 0 Å². The molecule has 4 rings (SSSR count). The van der Waals surface area contributed by atoms with E-state index in [1.54, 1.807) is 0 Å². The summed E-state index contributed by atoms with van der Waals surface area (Å²) in [5.41, 5.74) is 25.6. The van der Waals surface area contributed by atoms with Gasteiger partial charge in [-0.15, -0.1) is 0 Å². The smallest absolute Gasteiger partial charge is 0.233 e. The van der Waals surface area contributed by atoms with Gasteiger partial charge in [0.15, 0.2) is 0 Å². The number of nitrogens with two attached hydrogens (primary N) is 4. The lowest BCUT2D eigenvalue weighted by atomic mass is 10.0. The Morgan fingerprint density at radius 1 is 0.733 bits per heavy atom. The lowest BCUT2D eigenvalue weighted by molar-refractivity contribution is 0.441. The van der Waals surface area contributed by atoms with Crippen molar-refractivity contribution in [3.8, 4) is 0 Å². The number of hydrogen-bond acceptors (Lipinski definition) is 10. The maximum atomic E-state index is 6.19. The van der Waals surface area contributed by atoms with Gasteiger partial charge in [-0.1, -0.05) is 15.9 Å². The normalized spacial score (nSPS) is 27.2. The quantitative estimate of drug-likeness (QED) is 0.409. The van der Waals surface area contributed by atoms with Gasteiger partial charge in [0.25, 0.3) is 0 Å². The van der Waals surface area contributed by atoms with E-state index in [4.69, 9.17) is 27.9 Å². The summed E-state index contributed by atoms with van der Waals surface area (Å²) < 4.78 is 0.998. The summed E-state index contributed by atoms with van der Waals surface area (Å²) in [6, 6.07) is 7.73. The molecule has 4 unspecified atom stereocenters. The summed E-state index contributed by atoms with van der Waals surface area (Å²) >= 11 is 3.45. The first kappa shape index (κ1) is 21.2. The van der Waals surface area contributed by atoms with E-state index in [1.165, 1.54) is 0 Å². The molecule has 0 bridgehead atoms. The highest BCUT2D eigenvalue weighted by molar-refractivity contribution is 9.10. The van der Waals surface area contributed by atoms with Crippen LogP contribution in [-0.4, -0.2) is 65.3 Å². The number of piperidine rings is 2. The fourth-order valence-electron chi connectivity index (χ4n) is 4.04. The molecule has 9 N–H and O–H groups in total. The molecular weight excluding hydrogens is 448 g/mol. The van der Waals surface area contributed by atoms with Gasteiger partial charge in [-0.2, -0.15) is 15.0 Å². The number of anilines is 4. The molecule has 10 nitrogen and oxygen atoms in total. The Kier molecular flexibility index (Phi) is 6.34. The van der Waals surface area contributed by atoms with Crippen LogP contribution >= 0.6 is 15.9 Å². The van der Waals surface area contributed by atoms with E-state index >= 15 is 0 Å². The van der Waals surface area contributed by atoms with Gasteiger partial charge in [0.05, 0.1) is 0 Å². The molecule has 3 heterocycles. The molecule has 2 fully saturated rings. The first-order valence-electron chi connectivity index (χ1n) is 10.2. The van der Waals surface area contributed by atoms with Crippen molar-refractivity contribution in [2.75, 3.05) is 41.3 Å². The van der Waals surface area contributed by atoms with Crippen molar-refractivity contribution in [1.29, 1.82) is 0 Å². The first-order chi connectivity index (χ1) is 14.4. The number of rotatable bonds is 4. The van der Waals surface area contributed by atoms with Gasteiger partial charge in [-0.3, -0.25) is 0 Å². The maximum absolute atomic E-state index is 6.19. The predicted octanol–water partition coefficient (Wildman–Crippen LogP) is 0.107. The van der Waals surface area contributed by atoms with Crippen LogP contribution in [0.25, 0.3) is 0 Å². The molecule has 11 heteroatoms. The highest BCUT2D eigenvalue weighted by atomic mass is 79.9. The third-order valence-electron chi connectivity index (χ3n) is 5.31. The SMILES string of the molecule is NC1CC(N)CN(c2nc(Nc3ccc(Br)cc3)nc(N3CC(N)CC(N)C3)n2)C1. The lowest BCUT2D eigenvalue weighted by Gasteiger charge is -2.37. The summed E-state index contributed by atoms with van der Waals surface area (Å²) in [6.45, 7) is 2.59. The molecule has 0 aliphatic carbocycles. The molecule has 2 aliphatic rings. The van der Waals surface area contributed by atoms with Gasteiger partial charge >= 0.3 is 0 Å². The van der Waals surface area contributed by atoms with Gasteiger partial charge < -0.3 is 38.1 Å². The number of nitrogens with zero attached hydrogens (tertiary/aromatic N) is 5. The van der Waals surface area contributed by atoms with Crippen molar-refractivity contribution in [1.82, 2.24) is 15.0 Å². The summed E-state index contributed by atoms with van der Waals surface area (Å²) in [7, 11) is 0. The number of nitrogens with one attached hydrogen (secondary N) is 1. The molecule has 2 aromatic rings. The van der Waals surface area contributed by atoms with E-state index in [9.17, 15) is 0 Å². The Morgan fingerprint density at radius 2 is 1.17 bits per heavy atom. The van der Waals surface area contributed by atoms with Crippen LogP contribution in [0.2, 0.25) is 0 Å². The average Bonchev–Trinajstić information content (AvgIpc) is 2.68. The van der Waals surface area contributed by atoms with Crippen LogP contribution in [0.5, 0.6) is 0 Å². The Labute approximate surface area is 184 Å². The topological polar surface area (TPSA) is 161 Å². The molecule has 0 amide bonds. The minimum Gasteiger partial charge on any atom is -0.338 e. The lowest BCUT2D eigenvalue weighted by Crippen LogP contribution is -2.54. The molecule has 4 atom stereocenters. The van der Waals surface area contributed by atoms with Gasteiger partial charge in [-0.25, -0.2) is 0 Å². The van der Waals surface area contributed by atoms with Crippen LogP contribution in [0.1, 0.15) is 12.8 Å². The number of halogens is 1. The van der Waals surface area contributed by atoms with Gasteiger partial charge in [0.2, 0.25) is 17.8 Å². The molecular formula is C19H29BrN10. The number of hydrogen-bond donors (Lipinski definition) is 5. The average molecular weight is 477 g/mol. The minimum absolute atomic E-state index is 0.0197. The van der Waals surface area contributed by atoms with E-state index in [-0.39, 0.29) is 24.2 Å². The molecule has 1 aromatic carbocycles. The summed E-state index contributed by atoms with van der Waals surface area (Å²) in [5.74, 6) is 1.56. The molecule has 1 aromatic heterocycles. The summed E-state index contributed by atoms with van der Waals surface area (Å²) in [5, 5.41) is 3.27. The predicted molar refractivity (Wildman–Crippen MR) is 123 cm³/mol. The zero-order valence-electron chi connectivity index (χ0n) is 16.8. The number of benzene rings is 1. The van der Waals surface area contributed by atoms with Crippen LogP contribution in [0.3, 0.4) is 0 Å².